The number of aliphatic carboxylic acids is 1. The van der Waals surface area contributed by atoms with Crippen LogP contribution in [0.3, 0.4) is 0 Å². The van der Waals surface area contributed by atoms with Crippen molar-refractivity contribution in [3.05, 3.63) is 40.8 Å². The highest BCUT2D eigenvalue weighted by molar-refractivity contribution is 6.30. The van der Waals surface area contributed by atoms with E-state index in [1.165, 1.54) is 0 Å². The van der Waals surface area contributed by atoms with Crippen molar-refractivity contribution in [3.63, 3.8) is 0 Å². The lowest BCUT2D eigenvalue weighted by molar-refractivity contribution is -0.138. The first kappa shape index (κ1) is 12.6. The number of aromatic amines is 1. The number of nitrogens with one attached hydrogen (secondary N) is 1. The van der Waals surface area contributed by atoms with Crippen molar-refractivity contribution < 1.29 is 9.90 Å². The number of nitrogens with two attached hydrogens (primary N) is 1. The zero-order chi connectivity index (χ0) is 13.3. The van der Waals surface area contributed by atoms with Crippen LogP contribution in [0.1, 0.15) is 17.6 Å². The van der Waals surface area contributed by atoms with Gasteiger partial charge in [-0.2, -0.15) is 0 Å². The number of hydrogen-bond acceptors (Lipinski definition) is 3. The smallest absolute Gasteiger partial charge is 0.328 e. The van der Waals surface area contributed by atoms with Gasteiger partial charge in [0.25, 0.3) is 0 Å². The van der Waals surface area contributed by atoms with E-state index in [1.54, 1.807) is 19.1 Å². The van der Waals surface area contributed by atoms with Gasteiger partial charge in [-0.1, -0.05) is 23.7 Å². The lowest BCUT2D eigenvalue weighted by Crippen LogP contribution is -2.21. The molecule has 2 rings (SSSR count). The third-order valence-electron chi connectivity index (χ3n) is 2.56. The average Bonchev–Trinajstić information content (AvgIpc) is 2.70. The van der Waals surface area contributed by atoms with E-state index in [0.717, 1.165) is 11.3 Å². The molecular weight excluding hydrogens is 254 g/mol. The molecule has 0 fully saturated rings. The molecule has 0 bridgehead atoms. The van der Waals surface area contributed by atoms with E-state index in [4.69, 9.17) is 22.4 Å². The van der Waals surface area contributed by atoms with Crippen LogP contribution in [-0.2, 0) is 4.79 Å². The molecule has 94 valence electrons. The van der Waals surface area contributed by atoms with Gasteiger partial charge in [0.1, 0.15) is 5.82 Å². The molecule has 0 saturated heterocycles. The normalized spacial score (nSPS) is 12.4. The van der Waals surface area contributed by atoms with E-state index in [2.05, 4.69) is 9.97 Å². The molecule has 4 N–H and O–H groups in total. The summed E-state index contributed by atoms with van der Waals surface area (Å²) in [6.07, 6.45) is 0. The van der Waals surface area contributed by atoms with Gasteiger partial charge in [0.15, 0.2) is 6.04 Å². The molecule has 0 aliphatic carbocycles. The van der Waals surface area contributed by atoms with Crippen molar-refractivity contribution >= 4 is 17.6 Å². The number of aryl methyl sites for hydroxylation is 1. The monoisotopic (exact) mass is 265 g/mol. The first-order valence-corrected chi connectivity index (χ1v) is 5.67. The van der Waals surface area contributed by atoms with Gasteiger partial charge in [-0.15, -0.1) is 0 Å². The lowest BCUT2D eigenvalue weighted by atomic mass is 10.1. The van der Waals surface area contributed by atoms with Crippen LogP contribution >= 0.6 is 11.6 Å². The Morgan fingerprint density at radius 2 is 2.28 bits per heavy atom. The van der Waals surface area contributed by atoms with Crippen molar-refractivity contribution in [1.82, 2.24) is 9.97 Å². The maximum atomic E-state index is 10.8. The molecule has 0 radical (unpaired) electrons. The van der Waals surface area contributed by atoms with Gasteiger partial charge >= 0.3 is 5.97 Å². The number of carboxylic acid groups (broad SMARTS) is 1. The van der Waals surface area contributed by atoms with E-state index >= 15 is 0 Å². The second-order valence-electron chi connectivity index (χ2n) is 3.92. The molecular formula is C12H12ClN3O2. The largest absolute Gasteiger partial charge is 0.480 e. The quantitative estimate of drug-likeness (QED) is 0.793. The fourth-order valence-electron chi connectivity index (χ4n) is 1.66. The second-order valence-corrected chi connectivity index (χ2v) is 4.36. The Bertz CT molecular complexity index is 595. The highest BCUT2D eigenvalue weighted by Gasteiger charge is 2.20. The summed E-state index contributed by atoms with van der Waals surface area (Å²) in [4.78, 5) is 17.9. The number of nitrogens with zero attached hydrogens (tertiary/aromatic N) is 1. The number of rotatable bonds is 3. The van der Waals surface area contributed by atoms with Crippen LogP contribution in [0.15, 0.2) is 24.3 Å². The number of carbonyl (C=O) groups is 1. The second kappa shape index (κ2) is 4.80. The number of imidazole rings is 1. The predicted molar refractivity (Wildman–Crippen MR) is 68.3 cm³/mol. The molecule has 5 nitrogen and oxygen atoms in total. The van der Waals surface area contributed by atoms with Crippen molar-refractivity contribution in [3.8, 4) is 11.3 Å². The Morgan fingerprint density at radius 1 is 1.56 bits per heavy atom. The number of aromatic nitrogens is 2. The third-order valence-corrected chi connectivity index (χ3v) is 2.80. The molecule has 6 heteroatoms. The molecule has 0 spiro atoms. The van der Waals surface area contributed by atoms with Gasteiger partial charge in [0, 0.05) is 16.3 Å². The van der Waals surface area contributed by atoms with Crippen LogP contribution in [0, 0.1) is 6.92 Å². The maximum absolute atomic E-state index is 10.8. The average molecular weight is 266 g/mol. The predicted octanol–water partition coefficient (Wildman–Crippen LogP) is 2.12. The molecule has 0 amide bonds. The van der Waals surface area contributed by atoms with Crippen molar-refractivity contribution in [2.24, 2.45) is 5.73 Å². The molecule has 0 saturated carbocycles. The summed E-state index contributed by atoms with van der Waals surface area (Å²) in [5, 5.41) is 9.44. The van der Waals surface area contributed by atoms with Crippen molar-refractivity contribution in [1.29, 1.82) is 0 Å². The molecule has 18 heavy (non-hydrogen) atoms. The first-order chi connectivity index (χ1) is 8.49. The molecule has 0 aliphatic rings. The van der Waals surface area contributed by atoms with Crippen LogP contribution in [-0.4, -0.2) is 21.0 Å². The van der Waals surface area contributed by atoms with Gasteiger partial charge in [-0.3, -0.25) is 4.79 Å². The van der Waals surface area contributed by atoms with Gasteiger partial charge in [0.05, 0.1) is 5.69 Å². The summed E-state index contributed by atoms with van der Waals surface area (Å²) in [6, 6.07) is 6.03. The van der Waals surface area contributed by atoms with Crippen LogP contribution < -0.4 is 5.73 Å². The summed E-state index contributed by atoms with van der Waals surface area (Å²) < 4.78 is 0. The van der Waals surface area contributed by atoms with Crippen LogP contribution in [0.25, 0.3) is 11.3 Å². The van der Waals surface area contributed by atoms with E-state index < -0.39 is 12.0 Å². The zero-order valence-corrected chi connectivity index (χ0v) is 10.4. The molecule has 1 heterocycles. The fraction of sp³-hybridized carbons (Fsp3) is 0.167. The number of benzene rings is 1. The van der Waals surface area contributed by atoms with Gasteiger partial charge in [-0.25, -0.2) is 4.98 Å². The Hall–Kier alpha value is -1.85. The summed E-state index contributed by atoms with van der Waals surface area (Å²) in [6.45, 7) is 1.81. The van der Waals surface area contributed by atoms with Crippen LogP contribution in [0.2, 0.25) is 5.02 Å². The van der Waals surface area contributed by atoms with E-state index in [1.807, 2.05) is 12.1 Å². The van der Waals surface area contributed by atoms with E-state index in [9.17, 15) is 4.79 Å². The number of halogens is 1. The number of H-pyrrole nitrogens is 1. The van der Waals surface area contributed by atoms with E-state index in [0.29, 0.717) is 10.7 Å². The van der Waals surface area contributed by atoms with Crippen LogP contribution in [0.4, 0.5) is 0 Å². The molecule has 0 aliphatic heterocycles. The third kappa shape index (κ3) is 2.37. The SMILES string of the molecule is Cc1[nH]c(C(N)C(=O)O)nc1-c1cccc(Cl)c1. The highest BCUT2D eigenvalue weighted by atomic mass is 35.5. The Morgan fingerprint density at radius 3 is 2.89 bits per heavy atom. The van der Waals surface area contributed by atoms with Crippen LogP contribution in [0.5, 0.6) is 0 Å². The number of carboxylic acids is 1. The van der Waals surface area contributed by atoms with Crippen molar-refractivity contribution in [2.45, 2.75) is 13.0 Å². The zero-order valence-electron chi connectivity index (χ0n) is 9.64. The summed E-state index contributed by atoms with van der Waals surface area (Å²) >= 11 is 5.91. The van der Waals surface area contributed by atoms with Gasteiger partial charge < -0.3 is 15.8 Å². The summed E-state index contributed by atoms with van der Waals surface area (Å²) in [5.41, 5.74) is 7.74. The Kier molecular flexibility index (Phi) is 3.36. The first-order valence-electron chi connectivity index (χ1n) is 5.30. The molecule has 1 aromatic heterocycles. The molecule has 2 aromatic rings. The molecule has 1 unspecified atom stereocenters. The summed E-state index contributed by atoms with van der Waals surface area (Å²) in [7, 11) is 0. The standard InChI is InChI=1S/C12H12ClN3O2/c1-6-10(7-3-2-4-8(13)5-7)16-11(15-6)9(14)12(17)18/h2-5,9H,14H2,1H3,(H,15,16)(H,17,18). The highest BCUT2D eigenvalue weighted by Crippen LogP contribution is 2.25. The fourth-order valence-corrected chi connectivity index (χ4v) is 1.85. The van der Waals surface area contributed by atoms with Gasteiger partial charge in [-0.05, 0) is 19.1 Å². The maximum Gasteiger partial charge on any atom is 0.328 e. The number of hydrogen-bond donors (Lipinski definition) is 3. The van der Waals surface area contributed by atoms with Gasteiger partial charge in [0.2, 0.25) is 0 Å². The topological polar surface area (TPSA) is 92.0 Å². The Labute approximate surface area is 109 Å². The molecule has 1 aromatic carbocycles. The Balaban J connectivity index is 2.44. The van der Waals surface area contributed by atoms with E-state index in [-0.39, 0.29) is 5.82 Å². The van der Waals surface area contributed by atoms with Crippen molar-refractivity contribution in [2.75, 3.05) is 0 Å². The minimum Gasteiger partial charge on any atom is -0.480 e. The summed E-state index contributed by atoms with van der Waals surface area (Å²) in [5.74, 6) is -0.892. The lowest BCUT2D eigenvalue weighted by Gasteiger charge is -2.00. The minimum absolute atomic E-state index is 0.231. The molecule has 1 atom stereocenters. The minimum atomic E-state index is -1.16.